The van der Waals surface area contributed by atoms with Crippen LogP contribution in [0.4, 0.5) is 0 Å². The minimum absolute atomic E-state index is 0.0848. The van der Waals surface area contributed by atoms with Gasteiger partial charge < -0.3 is 33.8 Å². The number of carbonyl (C=O) groups excluding carboxylic acids is 4. The highest BCUT2D eigenvalue weighted by Gasteiger charge is 2.30. The molecule has 5 atom stereocenters. The van der Waals surface area contributed by atoms with Crippen molar-refractivity contribution in [1.82, 2.24) is 0 Å². The van der Waals surface area contributed by atoms with Gasteiger partial charge in [-0.15, -0.1) is 0 Å². The van der Waals surface area contributed by atoms with Crippen LogP contribution in [0.3, 0.4) is 0 Å². The summed E-state index contributed by atoms with van der Waals surface area (Å²) in [6.07, 6.45) is 76.1. The lowest BCUT2D eigenvalue weighted by Gasteiger charge is -2.21. The Morgan fingerprint density at radius 3 is 0.774 bits per heavy atom. The van der Waals surface area contributed by atoms with Crippen LogP contribution >= 0.6 is 15.6 Å². The van der Waals surface area contributed by atoms with Crippen molar-refractivity contribution in [2.45, 2.75) is 464 Å². The van der Waals surface area contributed by atoms with E-state index in [0.717, 1.165) is 109 Å². The number of ether oxygens (including phenoxy) is 4. The van der Waals surface area contributed by atoms with Crippen LogP contribution in [-0.4, -0.2) is 96.7 Å². The van der Waals surface area contributed by atoms with Crippen molar-refractivity contribution in [3.63, 3.8) is 0 Å². The molecular weight excluding hydrogens is 1380 g/mol. The second-order valence-corrected chi connectivity index (χ2v) is 34.0. The number of phosphoric ester groups is 2. The predicted molar refractivity (Wildman–Crippen MR) is 437 cm³/mol. The van der Waals surface area contributed by atoms with Gasteiger partial charge in [0.1, 0.15) is 19.3 Å². The molecule has 0 amide bonds. The van der Waals surface area contributed by atoms with Gasteiger partial charge in [0.05, 0.1) is 26.4 Å². The van der Waals surface area contributed by atoms with Crippen molar-refractivity contribution in [2.24, 2.45) is 5.92 Å². The highest BCUT2D eigenvalue weighted by Crippen LogP contribution is 2.45. The van der Waals surface area contributed by atoms with Gasteiger partial charge in [0.2, 0.25) is 0 Å². The molecule has 0 aromatic heterocycles. The van der Waals surface area contributed by atoms with Crippen molar-refractivity contribution < 1.29 is 80.2 Å². The fraction of sp³-hybridized carbons (Fsp3) is 0.908. The fourth-order valence-corrected chi connectivity index (χ4v) is 14.7. The van der Waals surface area contributed by atoms with Gasteiger partial charge in [0.15, 0.2) is 12.2 Å². The van der Waals surface area contributed by atoms with Crippen LogP contribution in [0.5, 0.6) is 0 Å². The molecule has 0 saturated heterocycles. The van der Waals surface area contributed by atoms with E-state index >= 15 is 0 Å². The zero-order chi connectivity index (χ0) is 77.6. The molecular formula is C87H166O17P2. The lowest BCUT2D eigenvalue weighted by molar-refractivity contribution is -0.161. The number of aliphatic hydroxyl groups is 1. The third-order valence-electron chi connectivity index (χ3n) is 19.9. The first kappa shape index (κ1) is 104. The van der Waals surface area contributed by atoms with E-state index in [9.17, 15) is 43.2 Å². The van der Waals surface area contributed by atoms with E-state index in [4.69, 9.17) is 37.0 Å². The summed E-state index contributed by atoms with van der Waals surface area (Å²) in [4.78, 5) is 73.2. The van der Waals surface area contributed by atoms with E-state index in [2.05, 4.69) is 58.9 Å². The molecule has 0 bridgehead atoms. The highest BCUT2D eigenvalue weighted by molar-refractivity contribution is 7.47. The summed E-state index contributed by atoms with van der Waals surface area (Å²) in [7, 11) is -9.94. The van der Waals surface area contributed by atoms with Crippen molar-refractivity contribution >= 4 is 39.5 Å². The number of esters is 4. The Labute approximate surface area is 650 Å². The van der Waals surface area contributed by atoms with Crippen molar-refractivity contribution in [3.8, 4) is 0 Å². The van der Waals surface area contributed by atoms with Gasteiger partial charge in [-0.1, -0.05) is 393 Å². The molecule has 106 heavy (non-hydrogen) atoms. The summed E-state index contributed by atoms with van der Waals surface area (Å²) in [6, 6.07) is 0. The molecule has 3 N–H and O–H groups in total. The Balaban J connectivity index is 5.24. The monoisotopic (exact) mass is 1550 g/mol. The Morgan fingerprint density at radius 1 is 0.292 bits per heavy atom. The molecule has 626 valence electrons. The largest absolute Gasteiger partial charge is 0.472 e. The fourth-order valence-electron chi connectivity index (χ4n) is 13.1. The van der Waals surface area contributed by atoms with Gasteiger partial charge in [-0.05, 0) is 57.3 Å². The molecule has 19 heteroatoms. The normalized spacial score (nSPS) is 13.9. The Bertz CT molecular complexity index is 2110. The standard InChI is InChI=1S/C87H166O17P2/c1-6-9-12-15-18-21-24-27-30-32-34-35-36-38-40-43-46-49-52-57-63-68-73-86(91)103-82(76-97-84(89)70-65-60-55-50-47-44-42-39-37-33-31-28-25-22-19-16-13-10-7-2)78-101-105(93,94)99-74-81(88)75-100-106(95,96)102-79-83(77-98-85(90)71-66-61-58-53-54-59-64-69-80(4)5)104-87(92)72-67-62-56-51-48-45-41-29-26-23-20-17-14-11-8-3/h23,26,29,41,80-83,88H,6-22,24-25,27-28,30-40,42-79H2,1-5H3,(H,93,94)(H,95,96)/b26-23-,41-29-/t81-,82-,83-/m1/s1. The third-order valence-corrected chi connectivity index (χ3v) is 21.8. The summed E-state index contributed by atoms with van der Waals surface area (Å²) >= 11 is 0. The quantitative estimate of drug-likeness (QED) is 0.0169. The number of carbonyl (C=O) groups is 4. The summed E-state index contributed by atoms with van der Waals surface area (Å²) in [5.74, 6) is -1.43. The molecule has 0 fully saturated rings. The molecule has 0 rings (SSSR count). The van der Waals surface area contributed by atoms with Crippen LogP contribution in [0.1, 0.15) is 446 Å². The van der Waals surface area contributed by atoms with Gasteiger partial charge in [-0.3, -0.25) is 37.3 Å². The minimum Gasteiger partial charge on any atom is -0.462 e. The summed E-state index contributed by atoms with van der Waals surface area (Å²) in [5, 5.41) is 10.7. The first-order valence-corrected chi connectivity index (χ1v) is 47.4. The van der Waals surface area contributed by atoms with E-state index in [1.165, 1.54) is 250 Å². The minimum atomic E-state index is -4.97. The van der Waals surface area contributed by atoms with Crippen LogP contribution in [-0.2, 0) is 65.4 Å². The maximum absolute atomic E-state index is 13.1. The molecule has 0 radical (unpaired) electrons. The van der Waals surface area contributed by atoms with Gasteiger partial charge in [-0.25, -0.2) is 9.13 Å². The molecule has 17 nitrogen and oxygen atoms in total. The molecule has 0 aliphatic carbocycles. The number of aliphatic hydroxyl groups excluding tert-OH is 1. The average Bonchev–Trinajstić information content (AvgIpc) is 0.902. The first-order chi connectivity index (χ1) is 51.5. The van der Waals surface area contributed by atoms with Crippen molar-refractivity contribution in [1.29, 1.82) is 0 Å². The maximum atomic E-state index is 13.1. The molecule has 0 saturated carbocycles. The lowest BCUT2D eigenvalue weighted by Crippen LogP contribution is -2.30. The second-order valence-electron chi connectivity index (χ2n) is 31.1. The number of hydrogen-bond donors (Lipinski definition) is 3. The van der Waals surface area contributed by atoms with Gasteiger partial charge >= 0.3 is 39.5 Å². The zero-order valence-electron chi connectivity index (χ0n) is 69.1. The van der Waals surface area contributed by atoms with Crippen molar-refractivity contribution in [3.05, 3.63) is 24.3 Å². The third kappa shape index (κ3) is 79.6. The Hall–Kier alpha value is -2.46. The van der Waals surface area contributed by atoms with Crippen LogP contribution in [0.2, 0.25) is 0 Å². The summed E-state index contributed by atoms with van der Waals surface area (Å²) < 4.78 is 68.8. The van der Waals surface area contributed by atoms with E-state index in [1.807, 2.05) is 0 Å². The number of phosphoric acid groups is 2. The Morgan fingerprint density at radius 2 is 0.509 bits per heavy atom. The van der Waals surface area contributed by atoms with Crippen molar-refractivity contribution in [2.75, 3.05) is 39.6 Å². The second kappa shape index (κ2) is 79.2. The molecule has 0 aromatic carbocycles. The number of hydrogen-bond acceptors (Lipinski definition) is 15. The molecule has 0 spiro atoms. The molecule has 0 aromatic rings. The summed E-state index contributed by atoms with van der Waals surface area (Å²) in [6.45, 7) is 7.23. The summed E-state index contributed by atoms with van der Waals surface area (Å²) in [5.41, 5.74) is 0. The van der Waals surface area contributed by atoms with Gasteiger partial charge in [-0.2, -0.15) is 0 Å². The zero-order valence-corrected chi connectivity index (χ0v) is 70.9. The Kier molecular flexibility index (Phi) is 77.4. The van der Waals surface area contributed by atoms with Crippen LogP contribution in [0.25, 0.3) is 0 Å². The molecule has 0 aliphatic rings. The average molecular weight is 1550 g/mol. The number of rotatable bonds is 85. The van der Waals surface area contributed by atoms with E-state index < -0.39 is 97.5 Å². The highest BCUT2D eigenvalue weighted by atomic mass is 31.2. The number of allylic oxidation sites excluding steroid dienone is 4. The predicted octanol–water partition coefficient (Wildman–Crippen LogP) is 26.3. The SMILES string of the molecule is CCCCCC/C=C\C=C/CCCCCCCC(=O)O[C@H](COC(=O)CCCCCCCCCC(C)C)COP(=O)(O)OC[C@H](O)COP(=O)(O)OC[C@@H](COC(=O)CCCCCCCCCCCCCCCCCCCCC)OC(=O)CCCCCCCCCCCCCCCCCCCCCCCC. The van der Waals surface area contributed by atoms with Crippen LogP contribution in [0.15, 0.2) is 24.3 Å². The molecule has 0 heterocycles. The maximum Gasteiger partial charge on any atom is 0.472 e. The van der Waals surface area contributed by atoms with Gasteiger partial charge in [0, 0.05) is 25.7 Å². The smallest absolute Gasteiger partial charge is 0.462 e. The molecule has 2 unspecified atom stereocenters. The topological polar surface area (TPSA) is 237 Å². The van der Waals surface area contributed by atoms with E-state index in [-0.39, 0.29) is 25.7 Å². The van der Waals surface area contributed by atoms with Crippen LogP contribution < -0.4 is 0 Å². The number of unbranched alkanes of at least 4 members (excludes halogenated alkanes) is 54. The van der Waals surface area contributed by atoms with E-state index in [1.54, 1.807) is 0 Å². The lowest BCUT2D eigenvalue weighted by atomic mass is 10.0. The first-order valence-electron chi connectivity index (χ1n) is 44.5. The molecule has 0 aliphatic heterocycles. The van der Waals surface area contributed by atoms with Crippen LogP contribution in [0, 0.1) is 5.92 Å². The van der Waals surface area contributed by atoms with E-state index in [0.29, 0.717) is 31.6 Å². The van der Waals surface area contributed by atoms with Gasteiger partial charge in [0.25, 0.3) is 0 Å².